The van der Waals surface area contributed by atoms with Crippen molar-refractivity contribution in [1.82, 2.24) is 10.6 Å². The maximum Gasteiger partial charge on any atom is 0.251 e. The number of nitrogens with one attached hydrogen (secondary N) is 2. The minimum absolute atomic E-state index is 0. The number of carbonyl (C=O) groups excluding carboxylic acids is 1. The second-order valence-corrected chi connectivity index (χ2v) is 5.75. The Hall–Kier alpha value is -1.66. The van der Waals surface area contributed by atoms with Crippen LogP contribution in [0.5, 0.6) is 17.2 Å². The number of piperidine rings is 1. The molecule has 7 heteroatoms. The first-order valence-corrected chi connectivity index (χ1v) is 7.68. The Kier molecular flexibility index (Phi) is 5.96. The summed E-state index contributed by atoms with van der Waals surface area (Å²) in [6.45, 7) is 4.93. The third-order valence-corrected chi connectivity index (χ3v) is 4.23. The summed E-state index contributed by atoms with van der Waals surface area (Å²) in [5.41, 5.74) is 0.527. The summed E-state index contributed by atoms with van der Waals surface area (Å²) >= 11 is 0. The molecule has 2 heterocycles. The SMILES string of the molecule is COc1cc(C(=O)NC2CNCCC2C)cc2c1OCCO2.Cl. The Balaban J connectivity index is 0.00000192. The number of amides is 1. The van der Waals surface area contributed by atoms with Gasteiger partial charge in [-0.3, -0.25) is 4.79 Å². The lowest BCUT2D eigenvalue weighted by atomic mass is 9.94. The van der Waals surface area contributed by atoms with Crippen molar-refractivity contribution in [3.05, 3.63) is 17.7 Å². The number of rotatable bonds is 3. The first kappa shape index (κ1) is 17.7. The molecular weight excluding hydrogens is 320 g/mol. The minimum Gasteiger partial charge on any atom is -0.493 e. The third kappa shape index (κ3) is 3.82. The molecule has 1 aromatic rings. The Bertz CT molecular complexity index is 550. The second-order valence-electron chi connectivity index (χ2n) is 5.75. The Morgan fingerprint density at radius 3 is 2.87 bits per heavy atom. The first-order chi connectivity index (χ1) is 10.7. The summed E-state index contributed by atoms with van der Waals surface area (Å²) in [4.78, 5) is 12.5. The molecule has 1 fully saturated rings. The van der Waals surface area contributed by atoms with Gasteiger partial charge in [-0.25, -0.2) is 0 Å². The standard InChI is InChI=1S/C16H22N2O4.ClH/c1-10-3-4-17-9-12(10)18-16(19)11-7-13(20-2)15-14(8-11)21-5-6-22-15;/h7-8,10,12,17H,3-6,9H2,1-2H3,(H,18,19);1H. The molecule has 0 bridgehead atoms. The molecule has 1 amide bonds. The van der Waals surface area contributed by atoms with Gasteiger partial charge in [0.2, 0.25) is 5.75 Å². The molecule has 23 heavy (non-hydrogen) atoms. The average molecular weight is 343 g/mol. The van der Waals surface area contributed by atoms with Crippen molar-refractivity contribution in [3.63, 3.8) is 0 Å². The van der Waals surface area contributed by atoms with E-state index in [1.54, 1.807) is 19.2 Å². The van der Waals surface area contributed by atoms with E-state index in [2.05, 4.69) is 17.6 Å². The lowest BCUT2D eigenvalue weighted by molar-refractivity contribution is 0.0913. The molecule has 1 aromatic carbocycles. The molecule has 2 unspecified atom stereocenters. The number of hydrogen-bond acceptors (Lipinski definition) is 5. The van der Waals surface area contributed by atoms with Crippen LogP contribution in [-0.4, -0.2) is 45.4 Å². The number of fused-ring (bicyclic) bond motifs is 1. The fraction of sp³-hybridized carbons (Fsp3) is 0.562. The van der Waals surface area contributed by atoms with Gasteiger partial charge in [0.05, 0.1) is 7.11 Å². The van der Waals surface area contributed by atoms with Crippen LogP contribution in [0, 0.1) is 5.92 Å². The van der Waals surface area contributed by atoms with E-state index >= 15 is 0 Å². The molecule has 2 aliphatic heterocycles. The Morgan fingerprint density at radius 1 is 1.35 bits per heavy atom. The molecule has 0 spiro atoms. The number of ether oxygens (including phenoxy) is 3. The molecule has 2 aliphatic rings. The van der Waals surface area contributed by atoms with E-state index in [9.17, 15) is 4.79 Å². The zero-order chi connectivity index (χ0) is 15.5. The highest BCUT2D eigenvalue weighted by Crippen LogP contribution is 2.40. The van der Waals surface area contributed by atoms with Crippen LogP contribution in [-0.2, 0) is 0 Å². The van der Waals surface area contributed by atoms with E-state index in [0.717, 1.165) is 19.5 Å². The molecule has 1 saturated heterocycles. The van der Waals surface area contributed by atoms with Gasteiger partial charge in [0.1, 0.15) is 13.2 Å². The molecule has 3 rings (SSSR count). The second kappa shape index (κ2) is 7.75. The summed E-state index contributed by atoms with van der Waals surface area (Å²) in [6, 6.07) is 3.55. The van der Waals surface area contributed by atoms with Crippen LogP contribution in [0.1, 0.15) is 23.7 Å². The van der Waals surface area contributed by atoms with Crippen LogP contribution in [0.3, 0.4) is 0 Å². The lowest BCUT2D eigenvalue weighted by Gasteiger charge is -2.30. The molecular formula is C16H23ClN2O4. The van der Waals surface area contributed by atoms with Crippen molar-refractivity contribution in [2.75, 3.05) is 33.4 Å². The quantitative estimate of drug-likeness (QED) is 0.873. The molecule has 128 valence electrons. The number of hydrogen-bond donors (Lipinski definition) is 2. The van der Waals surface area contributed by atoms with E-state index < -0.39 is 0 Å². The summed E-state index contributed by atoms with van der Waals surface area (Å²) in [5, 5.41) is 6.40. The van der Waals surface area contributed by atoms with Gasteiger partial charge >= 0.3 is 0 Å². The summed E-state index contributed by atoms with van der Waals surface area (Å²) in [5.74, 6) is 2.00. The van der Waals surface area contributed by atoms with E-state index in [1.165, 1.54) is 0 Å². The fourth-order valence-corrected chi connectivity index (χ4v) is 2.84. The maximum absolute atomic E-state index is 12.5. The van der Waals surface area contributed by atoms with Crippen molar-refractivity contribution < 1.29 is 19.0 Å². The van der Waals surface area contributed by atoms with Crippen LogP contribution in [0.2, 0.25) is 0 Å². The fourth-order valence-electron chi connectivity index (χ4n) is 2.84. The van der Waals surface area contributed by atoms with E-state index in [0.29, 0.717) is 41.9 Å². The molecule has 0 aromatic heterocycles. The van der Waals surface area contributed by atoms with Crippen molar-refractivity contribution in [2.45, 2.75) is 19.4 Å². The normalized spacial score (nSPS) is 22.7. The van der Waals surface area contributed by atoms with Gasteiger partial charge in [0.25, 0.3) is 5.91 Å². The monoisotopic (exact) mass is 342 g/mol. The summed E-state index contributed by atoms with van der Waals surface area (Å²) in [6.07, 6.45) is 1.06. The minimum atomic E-state index is -0.115. The smallest absolute Gasteiger partial charge is 0.251 e. The number of carbonyl (C=O) groups is 1. The van der Waals surface area contributed by atoms with Crippen LogP contribution < -0.4 is 24.8 Å². The van der Waals surface area contributed by atoms with E-state index in [4.69, 9.17) is 14.2 Å². The number of methoxy groups -OCH3 is 1. The van der Waals surface area contributed by atoms with Crippen LogP contribution in [0.15, 0.2) is 12.1 Å². The molecule has 6 nitrogen and oxygen atoms in total. The van der Waals surface area contributed by atoms with Gasteiger partial charge < -0.3 is 24.8 Å². The van der Waals surface area contributed by atoms with Crippen LogP contribution >= 0.6 is 12.4 Å². The van der Waals surface area contributed by atoms with Gasteiger partial charge in [-0.15, -0.1) is 12.4 Å². The third-order valence-electron chi connectivity index (χ3n) is 4.23. The first-order valence-electron chi connectivity index (χ1n) is 7.68. The van der Waals surface area contributed by atoms with Gasteiger partial charge in [-0.05, 0) is 31.0 Å². The molecule has 0 radical (unpaired) electrons. The highest BCUT2D eigenvalue weighted by atomic mass is 35.5. The zero-order valence-electron chi connectivity index (χ0n) is 13.4. The van der Waals surface area contributed by atoms with Crippen LogP contribution in [0.25, 0.3) is 0 Å². The highest BCUT2D eigenvalue weighted by molar-refractivity contribution is 5.95. The van der Waals surface area contributed by atoms with E-state index in [-0.39, 0.29) is 24.4 Å². The van der Waals surface area contributed by atoms with Crippen molar-refractivity contribution in [3.8, 4) is 17.2 Å². The summed E-state index contributed by atoms with van der Waals surface area (Å²) < 4.78 is 16.4. The lowest BCUT2D eigenvalue weighted by Crippen LogP contribution is -2.50. The number of halogens is 1. The van der Waals surface area contributed by atoms with Gasteiger partial charge in [-0.2, -0.15) is 0 Å². The topological polar surface area (TPSA) is 68.8 Å². The zero-order valence-corrected chi connectivity index (χ0v) is 14.2. The molecule has 0 saturated carbocycles. The Morgan fingerprint density at radius 2 is 2.13 bits per heavy atom. The van der Waals surface area contributed by atoms with Gasteiger partial charge in [0, 0.05) is 18.2 Å². The van der Waals surface area contributed by atoms with Crippen molar-refractivity contribution >= 4 is 18.3 Å². The van der Waals surface area contributed by atoms with E-state index in [1.807, 2.05) is 0 Å². The van der Waals surface area contributed by atoms with Gasteiger partial charge in [-0.1, -0.05) is 6.92 Å². The molecule has 0 aliphatic carbocycles. The molecule has 2 N–H and O–H groups in total. The predicted molar refractivity (Wildman–Crippen MR) is 89.1 cm³/mol. The largest absolute Gasteiger partial charge is 0.493 e. The Labute approximate surface area is 142 Å². The highest BCUT2D eigenvalue weighted by Gasteiger charge is 2.25. The van der Waals surface area contributed by atoms with Crippen molar-refractivity contribution in [2.24, 2.45) is 5.92 Å². The van der Waals surface area contributed by atoms with Crippen LogP contribution in [0.4, 0.5) is 0 Å². The van der Waals surface area contributed by atoms with Crippen molar-refractivity contribution in [1.29, 1.82) is 0 Å². The van der Waals surface area contributed by atoms with Gasteiger partial charge in [0.15, 0.2) is 11.5 Å². The molecule has 2 atom stereocenters. The maximum atomic E-state index is 12.5. The predicted octanol–water partition coefficient (Wildman–Crippen LogP) is 1.62. The average Bonchev–Trinajstić information content (AvgIpc) is 2.55. The number of benzene rings is 1. The summed E-state index contributed by atoms with van der Waals surface area (Å²) in [7, 11) is 1.56.